The Hall–Kier alpha value is -1.73. The van der Waals surface area contributed by atoms with Gasteiger partial charge in [0.15, 0.2) is 11.5 Å². The van der Waals surface area contributed by atoms with E-state index >= 15 is 0 Å². The lowest BCUT2D eigenvalue weighted by Crippen LogP contribution is -2.21. The maximum atomic E-state index is 8.94. The number of benzene rings is 1. The maximum absolute atomic E-state index is 8.94. The summed E-state index contributed by atoms with van der Waals surface area (Å²) in [6.45, 7) is 3.23. The fourth-order valence-electron chi connectivity index (χ4n) is 2.22. The van der Waals surface area contributed by atoms with Gasteiger partial charge in [0, 0.05) is 6.04 Å². The zero-order valence-corrected chi connectivity index (χ0v) is 11.1. The Bertz CT molecular complexity index is 477. The minimum absolute atomic E-state index is 0.0887. The van der Waals surface area contributed by atoms with Gasteiger partial charge in [-0.25, -0.2) is 0 Å². The van der Waals surface area contributed by atoms with Crippen molar-refractivity contribution < 1.29 is 9.47 Å². The smallest absolute Gasteiger partial charge is 0.161 e. The van der Waals surface area contributed by atoms with Crippen molar-refractivity contribution in [1.82, 2.24) is 4.90 Å². The molecule has 1 aromatic carbocycles. The fraction of sp³-hybridized carbons (Fsp3) is 0.500. The lowest BCUT2D eigenvalue weighted by molar-refractivity contribution is 0.170. The Morgan fingerprint density at radius 2 is 1.89 bits per heavy atom. The van der Waals surface area contributed by atoms with Crippen molar-refractivity contribution in [3.63, 3.8) is 0 Å². The first-order chi connectivity index (χ1) is 8.63. The van der Waals surface area contributed by atoms with E-state index in [0.717, 1.165) is 22.6 Å². The van der Waals surface area contributed by atoms with Crippen LogP contribution in [0.2, 0.25) is 0 Å². The highest BCUT2D eigenvalue weighted by molar-refractivity contribution is 5.48. The van der Waals surface area contributed by atoms with Gasteiger partial charge in [-0.1, -0.05) is 0 Å². The summed E-state index contributed by atoms with van der Waals surface area (Å²) in [6.07, 6.45) is 0.466. The SMILES string of the molecule is Cc1cc2c(cc1C(CC#N)N(C)C)OCCO2. The summed E-state index contributed by atoms with van der Waals surface area (Å²) in [6, 6.07) is 6.33. The van der Waals surface area contributed by atoms with Crippen molar-refractivity contribution in [2.75, 3.05) is 27.3 Å². The van der Waals surface area contributed by atoms with Gasteiger partial charge in [-0.3, -0.25) is 0 Å². The molecule has 0 fully saturated rings. The molecule has 1 atom stereocenters. The predicted octanol–water partition coefficient (Wildman–Crippen LogP) is 2.28. The van der Waals surface area contributed by atoms with Crippen LogP contribution in [0.15, 0.2) is 12.1 Å². The second-order valence-corrected chi connectivity index (χ2v) is 4.69. The van der Waals surface area contributed by atoms with Crippen molar-refractivity contribution in [3.05, 3.63) is 23.3 Å². The zero-order valence-electron chi connectivity index (χ0n) is 11.1. The molecule has 18 heavy (non-hydrogen) atoms. The van der Waals surface area contributed by atoms with Gasteiger partial charge in [-0.15, -0.1) is 0 Å². The van der Waals surface area contributed by atoms with Crippen LogP contribution in [0.25, 0.3) is 0 Å². The van der Waals surface area contributed by atoms with Crippen LogP contribution >= 0.6 is 0 Å². The van der Waals surface area contributed by atoms with E-state index in [1.807, 2.05) is 33.2 Å². The highest BCUT2D eigenvalue weighted by Gasteiger charge is 2.20. The lowest BCUT2D eigenvalue weighted by atomic mass is 9.97. The average molecular weight is 246 g/mol. The summed E-state index contributed by atoms with van der Waals surface area (Å²) in [5.74, 6) is 1.59. The Kier molecular flexibility index (Phi) is 3.73. The van der Waals surface area contributed by atoms with E-state index in [0.29, 0.717) is 19.6 Å². The van der Waals surface area contributed by atoms with Crippen LogP contribution in [0.4, 0.5) is 0 Å². The molecule has 1 heterocycles. The Labute approximate surface area is 108 Å². The first kappa shape index (κ1) is 12.7. The molecule has 0 N–H and O–H groups in total. The van der Waals surface area contributed by atoms with Gasteiger partial charge in [0.05, 0.1) is 12.5 Å². The van der Waals surface area contributed by atoms with Crippen LogP contribution in [-0.2, 0) is 0 Å². The largest absolute Gasteiger partial charge is 0.486 e. The molecular formula is C14H18N2O2. The number of hydrogen-bond acceptors (Lipinski definition) is 4. The molecule has 0 spiro atoms. The molecule has 0 saturated heterocycles. The van der Waals surface area contributed by atoms with Crippen molar-refractivity contribution in [3.8, 4) is 17.6 Å². The predicted molar refractivity (Wildman–Crippen MR) is 68.8 cm³/mol. The van der Waals surface area contributed by atoms with E-state index in [1.165, 1.54) is 0 Å². The van der Waals surface area contributed by atoms with Crippen LogP contribution < -0.4 is 9.47 Å². The topological polar surface area (TPSA) is 45.5 Å². The first-order valence-electron chi connectivity index (χ1n) is 6.07. The summed E-state index contributed by atoms with van der Waals surface area (Å²) in [4.78, 5) is 2.06. The summed E-state index contributed by atoms with van der Waals surface area (Å²) in [5, 5.41) is 8.94. The quantitative estimate of drug-likeness (QED) is 0.820. The normalized spacial score (nSPS) is 15.3. The van der Waals surface area contributed by atoms with E-state index in [4.69, 9.17) is 14.7 Å². The Morgan fingerprint density at radius 3 is 2.44 bits per heavy atom. The summed E-state index contributed by atoms with van der Waals surface area (Å²) >= 11 is 0. The van der Waals surface area contributed by atoms with E-state index in [1.54, 1.807) is 0 Å². The van der Waals surface area contributed by atoms with Crippen LogP contribution in [0.3, 0.4) is 0 Å². The van der Waals surface area contributed by atoms with Gasteiger partial charge in [0.1, 0.15) is 13.2 Å². The summed E-state index contributed by atoms with van der Waals surface area (Å²) in [5.41, 5.74) is 2.26. The molecule has 0 saturated carbocycles. The van der Waals surface area contributed by atoms with Gasteiger partial charge in [-0.05, 0) is 44.3 Å². The minimum atomic E-state index is 0.0887. The number of nitriles is 1. The third kappa shape index (κ3) is 2.41. The first-order valence-corrected chi connectivity index (χ1v) is 6.07. The fourth-order valence-corrected chi connectivity index (χ4v) is 2.22. The standard InChI is InChI=1S/C14H18N2O2/c1-10-8-13-14(18-7-6-17-13)9-11(10)12(4-5-15)16(2)3/h8-9,12H,4,6-7H2,1-3H3. The van der Waals surface area contributed by atoms with Gasteiger partial charge < -0.3 is 14.4 Å². The second-order valence-electron chi connectivity index (χ2n) is 4.69. The number of ether oxygens (including phenoxy) is 2. The Balaban J connectivity index is 2.40. The molecule has 4 nitrogen and oxygen atoms in total. The highest BCUT2D eigenvalue weighted by Crippen LogP contribution is 2.36. The molecule has 2 rings (SSSR count). The van der Waals surface area contributed by atoms with E-state index < -0.39 is 0 Å². The summed E-state index contributed by atoms with van der Waals surface area (Å²) < 4.78 is 11.2. The second kappa shape index (κ2) is 5.28. The van der Waals surface area contributed by atoms with Crippen molar-refractivity contribution in [1.29, 1.82) is 5.26 Å². The van der Waals surface area contributed by atoms with Gasteiger partial charge >= 0.3 is 0 Å². The molecule has 0 amide bonds. The molecular weight excluding hydrogens is 228 g/mol. The number of rotatable bonds is 3. The van der Waals surface area contributed by atoms with Crippen LogP contribution in [-0.4, -0.2) is 32.2 Å². The maximum Gasteiger partial charge on any atom is 0.161 e. The highest BCUT2D eigenvalue weighted by atomic mass is 16.6. The van der Waals surface area contributed by atoms with E-state index in [-0.39, 0.29) is 6.04 Å². The molecule has 0 bridgehead atoms. The molecule has 96 valence electrons. The minimum Gasteiger partial charge on any atom is -0.486 e. The molecule has 1 aliphatic heterocycles. The molecule has 1 aromatic rings. The van der Waals surface area contributed by atoms with Crippen LogP contribution in [0.5, 0.6) is 11.5 Å². The molecule has 0 radical (unpaired) electrons. The molecule has 1 aliphatic rings. The van der Waals surface area contributed by atoms with Crippen LogP contribution in [0.1, 0.15) is 23.6 Å². The Morgan fingerprint density at radius 1 is 1.28 bits per heavy atom. The van der Waals surface area contributed by atoms with Crippen molar-refractivity contribution in [2.45, 2.75) is 19.4 Å². The number of hydrogen-bond donors (Lipinski definition) is 0. The van der Waals surface area contributed by atoms with Crippen LogP contribution in [0, 0.1) is 18.3 Å². The van der Waals surface area contributed by atoms with Crippen molar-refractivity contribution in [2.24, 2.45) is 0 Å². The average Bonchev–Trinajstić information content (AvgIpc) is 2.35. The van der Waals surface area contributed by atoms with Crippen molar-refractivity contribution >= 4 is 0 Å². The zero-order chi connectivity index (χ0) is 13.1. The van der Waals surface area contributed by atoms with Gasteiger partial charge in [0.2, 0.25) is 0 Å². The lowest BCUT2D eigenvalue weighted by Gasteiger charge is -2.26. The molecule has 1 unspecified atom stereocenters. The molecule has 4 heteroatoms. The van der Waals surface area contributed by atoms with E-state index in [2.05, 4.69) is 11.0 Å². The van der Waals surface area contributed by atoms with Gasteiger partial charge in [-0.2, -0.15) is 5.26 Å². The third-order valence-electron chi connectivity index (χ3n) is 3.20. The number of nitrogens with zero attached hydrogens (tertiary/aromatic N) is 2. The number of aryl methyl sites for hydroxylation is 1. The van der Waals surface area contributed by atoms with Gasteiger partial charge in [0.25, 0.3) is 0 Å². The third-order valence-corrected chi connectivity index (χ3v) is 3.20. The molecule has 0 aromatic heterocycles. The van der Waals surface area contributed by atoms with E-state index in [9.17, 15) is 0 Å². The summed E-state index contributed by atoms with van der Waals surface area (Å²) in [7, 11) is 3.97. The number of fused-ring (bicyclic) bond motifs is 1. The monoisotopic (exact) mass is 246 g/mol. The molecule has 0 aliphatic carbocycles.